The Balaban J connectivity index is 2.75. The molecule has 17 heavy (non-hydrogen) atoms. The van der Waals surface area contributed by atoms with E-state index in [0.717, 1.165) is 5.56 Å². The van der Waals surface area contributed by atoms with Gasteiger partial charge in [0.25, 0.3) is 0 Å². The topological polar surface area (TPSA) is 77.2 Å². The fraction of sp³-hybridized carbons (Fsp3) is 0.364. The average Bonchev–Trinajstić information content (AvgIpc) is 2.27. The van der Waals surface area contributed by atoms with Crippen LogP contribution in [0.4, 0.5) is 0 Å². The summed E-state index contributed by atoms with van der Waals surface area (Å²) in [6.07, 6.45) is 0.277. The number of amides is 1. The van der Waals surface area contributed by atoms with E-state index >= 15 is 0 Å². The fourth-order valence-electron chi connectivity index (χ4n) is 1.31. The van der Waals surface area contributed by atoms with Crippen LogP contribution in [0.25, 0.3) is 0 Å². The van der Waals surface area contributed by atoms with Crippen LogP contribution < -0.4 is 5.73 Å². The third kappa shape index (κ3) is 3.71. The van der Waals surface area contributed by atoms with Crippen LogP contribution in [0.3, 0.4) is 0 Å². The molecule has 6 heteroatoms. The van der Waals surface area contributed by atoms with Crippen molar-refractivity contribution in [3.8, 4) is 0 Å². The standard InChI is InChI=1S/C11H14ClNO3S/c1-8(11(13)14)17(15,16)7-6-9-4-2-3-5-10(9)12/h2-5,8H,6-7H2,1H3,(H2,13,14). The molecule has 0 aromatic heterocycles. The van der Waals surface area contributed by atoms with Gasteiger partial charge in [-0.1, -0.05) is 29.8 Å². The molecular formula is C11H14ClNO3S. The zero-order valence-electron chi connectivity index (χ0n) is 9.39. The van der Waals surface area contributed by atoms with Gasteiger partial charge in [-0.2, -0.15) is 0 Å². The molecule has 0 spiro atoms. The van der Waals surface area contributed by atoms with Crippen molar-refractivity contribution in [1.29, 1.82) is 0 Å². The third-order valence-electron chi connectivity index (χ3n) is 2.55. The Bertz CT molecular complexity index is 513. The van der Waals surface area contributed by atoms with E-state index in [9.17, 15) is 13.2 Å². The SMILES string of the molecule is CC(C(N)=O)S(=O)(=O)CCc1ccccc1Cl. The van der Waals surface area contributed by atoms with Crippen molar-refractivity contribution in [1.82, 2.24) is 0 Å². The number of carbonyl (C=O) groups excluding carboxylic acids is 1. The number of benzene rings is 1. The van der Waals surface area contributed by atoms with E-state index in [2.05, 4.69) is 0 Å². The summed E-state index contributed by atoms with van der Waals surface area (Å²) < 4.78 is 23.4. The normalized spacial score (nSPS) is 13.3. The zero-order chi connectivity index (χ0) is 13.1. The van der Waals surface area contributed by atoms with Gasteiger partial charge in [0.1, 0.15) is 5.25 Å². The Hall–Kier alpha value is -1.07. The predicted molar refractivity (Wildman–Crippen MR) is 67.6 cm³/mol. The molecule has 0 heterocycles. The number of aryl methyl sites for hydroxylation is 1. The molecule has 0 aliphatic carbocycles. The number of hydrogen-bond donors (Lipinski definition) is 1. The Morgan fingerprint density at radius 1 is 1.41 bits per heavy atom. The van der Waals surface area contributed by atoms with E-state index in [0.29, 0.717) is 5.02 Å². The molecule has 1 aromatic rings. The van der Waals surface area contributed by atoms with Crippen molar-refractivity contribution in [2.75, 3.05) is 5.75 Å². The zero-order valence-corrected chi connectivity index (χ0v) is 11.0. The minimum Gasteiger partial charge on any atom is -0.369 e. The number of nitrogens with two attached hydrogens (primary N) is 1. The smallest absolute Gasteiger partial charge is 0.235 e. The highest BCUT2D eigenvalue weighted by molar-refractivity contribution is 7.92. The molecular weight excluding hydrogens is 262 g/mol. The first-order valence-electron chi connectivity index (χ1n) is 5.09. The van der Waals surface area contributed by atoms with Gasteiger partial charge in [-0.25, -0.2) is 8.42 Å². The Morgan fingerprint density at radius 2 is 2.00 bits per heavy atom. The van der Waals surface area contributed by atoms with Crippen LogP contribution in [-0.2, 0) is 21.1 Å². The first kappa shape index (κ1) is 14.0. The van der Waals surface area contributed by atoms with Crippen LogP contribution in [0, 0.1) is 0 Å². The molecule has 1 aromatic carbocycles. The molecule has 0 bridgehead atoms. The Morgan fingerprint density at radius 3 is 2.53 bits per heavy atom. The summed E-state index contributed by atoms with van der Waals surface area (Å²) in [4.78, 5) is 10.8. The lowest BCUT2D eigenvalue weighted by Crippen LogP contribution is -2.35. The second-order valence-corrected chi connectivity index (χ2v) is 6.60. The number of rotatable bonds is 5. The average molecular weight is 276 g/mol. The predicted octanol–water partition coefficient (Wildman–Crippen LogP) is 1.17. The van der Waals surface area contributed by atoms with Crippen LogP contribution in [0.1, 0.15) is 12.5 Å². The van der Waals surface area contributed by atoms with Crippen molar-refractivity contribution in [3.05, 3.63) is 34.9 Å². The molecule has 0 aliphatic heterocycles. The highest BCUT2D eigenvalue weighted by Crippen LogP contribution is 2.16. The van der Waals surface area contributed by atoms with Crippen LogP contribution in [0.15, 0.2) is 24.3 Å². The summed E-state index contributed by atoms with van der Waals surface area (Å²) in [7, 11) is -3.51. The van der Waals surface area contributed by atoms with Crippen molar-refractivity contribution in [2.24, 2.45) is 5.73 Å². The van der Waals surface area contributed by atoms with Crippen molar-refractivity contribution in [2.45, 2.75) is 18.6 Å². The highest BCUT2D eigenvalue weighted by Gasteiger charge is 2.25. The maximum absolute atomic E-state index is 11.7. The molecule has 0 saturated carbocycles. The molecule has 4 nitrogen and oxygen atoms in total. The van der Waals surface area contributed by atoms with Gasteiger partial charge >= 0.3 is 0 Å². The van der Waals surface area contributed by atoms with Gasteiger partial charge in [0.05, 0.1) is 5.75 Å². The molecule has 1 amide bonds. The minimum absolute atomic E-state index is 0.138. The van der Waals surface area contributed by atoms with Gasteiger partial charge in [0.15, 0.2) is 9.84 Å². The molecule has 0 aliphatic rings. The van der Waals surface area contributed by atoms with Gasteiger partial charge in [-0.15, -0.1) is 0 Å². The minimum atomic E-state index is -3.51. The van der Waals surface area contributed by atoms with E-state index in [1.165, 1.54) is 6.92 Å². The molecule has 94 valence electrons. The number of hydrogen-bond acceptors (Lipinski definition) is 3. The van der Waals surface area contributed by atoms with E-state index < -0.39 is 21.0 Å². The highest BCUT2D eigenvalue weighted by atomic mass is 35.5. The van der Waals surface area contributed by atoms with Crippen molar-refractivity contribution in [3.63, 3.8) is 0 Å². The Kier molecular flexibility index (Phi) is 4.54. The summed E-state index contributed by atoms with van der Waals surface area (Å²) >= 11 is 5.91. The maximum atomic E-state index is 11.7. The van der Waals surface area contributed by atoms with E-state index in [-0.39, 0.29) is 12.2 Å². The summed E-state index contributed by atoms with van der Waals surface area (Å²) in [6.45, 7) is 1.30. The van der Waals surface area contributed by atoms with Gasteiger partial charge in [-0.3, -0.25) is 4.79 Å². The molecule has 0 fully saturated rings. The lowest BCUT2D eigenvalue weighted by molar-refractivity contribution is -0.117. The quantitative estimate of drug-likeness (QED) is 0.876. The number of carbonyl (C=O) groups is 1. The molecule has 0 saturated heterocycles. The second kappa shape index (κ2) is 5.51. The summed E-state index contributed by atoms with van der Waals surface area (Å²) in [5.74, 6) is -0.968. The molecule has 1 unspecified atom stereocenters. The first-order valence-corrected chi connectivity index (χ1v) is 7.18. The van der Waals surface area contributed by atoms with Gasteiger partial charge in [0, 0.05) is 5.02 Å². The summed E-state index contributed by atoms with van der Waals surface area (Å²) in [6, 6.07) is 7.01. The number of sulfone groups is 1. The van der Waals surface area contributed by atoms with Gasteiger partial charge in [-0.05, 0) is 25.0 Å². The monoisotopic (exact) mass is 275 g/mol. The van der Waals surface area contributed by atoms with Crippen LogP contribution >= 0.6 is 11.6 Å². The van der Waals surface area contributed by atoms with Gasteiger partial charge < -0.3 is 5.73 Å². The molecule has 1 rings (SSSR count). The fourth-order valence-corrected chi connectivity index (χ4v) is 2.75. The largest absolute Gasteiger partial charge is 0.369 e. The van der Waals surface area contributed by atoms with Crippen LogP contribution in [0.2, 0.25) is 5.02 Å². The van der Waals surface area contributed by atoms with Crippen LogP contribution in [0.5, 0.6) is 0 Å². The second-order valence-electron chi connectivity index (χ2n) is 3.75. The molecule has 0 radical (unpaired) electrons. The van der Waals surface area contributed by atoms with Crippen LogP contribution in [-0.4, -0.2) is 25.3 Å². The number of primary amides is 1. The third-order valence-corrected chi connectivity index (χ3v) is 5.00. The molecule has 2 N–H and O–H groups in total. The van der Waals surface area contributed by atoms with Crippen molar-refractivity contribution >= 4 is 27.3 Å². The lowest BCUT2D eigenvalue weighted by Gasteiger charge is -2.09. The van der Waals surface area contributed by atoms with E-state index in [4.69, 9.17) is 17.3 Å². The lowest BCUT2D eigenvalue weighted by atomic mass is 10.2. The maximum Gasteiger partial charge on any atom is 0.235 e. The summed E-state index contributed by atoms with van der Waals surface area (Å²) in [5, 5.41) is -0.639. The molecule has 1 atom stereocenters. The van der Waals surface area contributed by atoms with E-state index in [1.807, 2.05) is 0 Å². The number of halogens is 1. The van der Waals surface area contributed by atoms with Crippen molar-refractivity contribution < 1.29 is 13.2 Å². The van der Waals surface area contributed by atoms with Gasteiger partial charge in [0.2, 0.25) is 5.91 Å². The van der Waals surface area contributed by atoms with E-state index in [1.54, 1.807) is 24.3 Å². The first-order chi connectivity index (χ1) is 7.84. The summed E-state index contributed by atoms with van der Waals surface area (Å²) in [5.41, 5.74) is 5.72. The Labute approximate surface area is 106 Å².